The summed E-state index contributed by atoms with van der Waals surface area (Å²) in [6.45, 7) is 0. The van der Waals surface area contributed by atoms with E-state index in [0.717, 1.165) is 16.9 Å². The number of fused-ring (bicyclic) bond motifs is 1. The standard InChI is InChI=1S/C28H24ClNO4/c29-20-13-11-19(12-14-20)25-18-33-26-17-23(15-16-24(26)27(25)31)34-28(32)30(21-7-3-1-4-8-21)22-9-5-2-6-10-22/h1-14,18,23-24,26H,15-17H2. The van der Waals surface area contributed by atoms with Crippen LogP contribution in [0.25, 0.3) is 5.57 Å². The predicted octanol–water partition coefficient (Wildman–Crippen LogP) is 6.79. The van der Waals surface area contributed by atoms with E-state index in [1.54, 1.807) is 17.0 Å². The molecular formula is C28H24ClNO4. The topological polar surface area (TPSA) is 55.8 Å². The zero-order valence-electron chi connectivity index (χ0n) is 18.5. The Morgan fingerprint density at radius 1 is 0.882 bits per heavy atom. The number of carbonyl (C=O) groups excluding carboxylic acids is 2. The Balaban J connectivity index is 1.30. The van der Waals surface area contributed by atoms with Gasteiger partial charge in [-0.05, 0) is 54.8 Å². The fourth-order valence-corrected chi connectivity index (χ4v) is 4.74. The number of amides is 1. The third-order valence-electron chi connectivity index (χ3n) is 6.34. The van der Waals surface area contributed by atoms with Gasteiger partial charge in [-0.25, -0.2) is 9.69 Å². The van der Waals surface area contributed by atoms with E-state index < -0.39 is 6.09 Å². The summed E-state index contributed by atoms with van der Waals surface area (Å²) in [6, 6.07) is 26.0. The normalized spacial score (nSPS) is 21.6. The maximum atomic E-state index is 13.3. The number of benzene rings is 3. The molecule has 0 spiro atoms. The molecule has 0 N–H and O–H groups in total. The van der Waals surface area contributed by atoms with Crippen molar-refractivity contribution in [3.8, 4) is 0 Å². The monoisotopic (exact) mass is 473 g/mol. The molecule has 0 saturated heterocycles. The molecule has 3 atom stereocenters. The number of anilines is 2. The van der Waals surface area contributed by atoms with Gasteiger partial charge in [-0.15, -0.1) is 0 Å². The van der Waals surface area contributed by atoms with Crippen LogP contribution in [0.5, 0.6) is 0 Å². The zero-order valence-corrected chi connectivity index (χ0v) is 19.2. The highest BCUT2D eigenvalue weighted by Gasteiger charge is 2.41. The first-order chi connectivity index (χ1) is 16.6. The van der Waals surface area contributed by atoms with Crippen LogP contribution in [0.4, 0.5) is 16.2 Å². The van der Waals surface area contributed by atoms with Gasteiger partial charge in [0.05, 0.1) is 29.1 Å². The van der Waals surface area contributed by atoms with E-state index >= 15 is 0 Å². The largest absolute Gasteiger partial charge is 0.496 e. The number of rotatable bonds is 4. The quantitative estimate of drug-likeness (QED) is 0.418. The highest BCUT2D eigenvalue weighted by atomic mass is 35.5. The molecule has 1 saturated carbocycles. The number of hydrogen-bond donors (Lipinski definition) is 0. The molecule has 3 unspecified atom stereocenters. The van der Waals surface area contributed by atoms with Gasteiger partial charge in [0.15, 0.2) is 5.78 Å². The van der Waals surface area contributed by atoms with Gasteiger partial charge >= 0.3 is 6.09 Å². The lowest BCUT2D eigenvalue weighted by Gasteiger charge is -2.37. The SMILES string of the molecule is O=C1C(c2ccc(Cl)cc2)=COC2CC(OC(=O)N(c3ccccc3)c3ccccc3)CCC12. The number of ketones is 1. The molecule has 0 radical (unpaired) electrons. The molecule has 172 valence electrons. The van der Waals surface area contributed by atoms with Gasteiger partial charge in [0.25, 0.3) is 0 Å². The third-order valence-corrected chi connectivity index (χ3v) is 6.59. The molecule has 2 aliphatic rings. The number of halogens is 1. The lowest BCUT2D eigenvalue weighted by atomic mass is 9.78. The molecule has 1 amide bonds. The Morgan fingerprint density at radius 3 is 2.12 bits per heavy atom. The van der Waals surface area contributed by atoms with Crippen molar-refractivity contribution in [1.82, 2.24) is 0 Å². The van der Waals surface area contributed by atoms with Crippen LogP contribution in [0.2, 0.25) is 5.02 Å². The van der Waals surface area contributed by atoms with Crippen molar-refractivity contribution in [2.75, 3.05) is 4.90 Å². The van der Waals surface area contributed by atoms with Crippen LogP contribution in [-0.4, -0.2) is 24.1 Å². The summed E-state index contributed by atoms with van der Waals surface area (Å²) in [5.41, 5.74) is 2.81. The molecule has 6 heteroatoms. The zero-order chi connectivity index (χ0) is 23.5. The van der Waals surface area contributed by atoms with Gasteiger partial charge in [-0.1, -0.05) is 60.1 Å². The Labute approximate surface area is 203 Å². The fourth-order valence-electron chi connectivity index (χ4n) is 4.61. The van der Waals surface area contributed by atoms with Crippen LogP contribution in [-0.2, 0) is 14.3 Å². The number of ether oxygens (including phenoxy) is 2. The van der Waals surface area contributed by atoms with Gasteiger partial charge in [-0.3, -0.25) is 4.79 Å². The van der Waals surface area contributed by atoms with Crippen molar-refractivity contribution >= 4 is 40.4 Å². The number of para-hydroxylation sites is 2. The average Bonchev–Trinajstić information content (AvgIpc) is 2.86. The van der Waals surface area contributed by atoms with E-state index in [0.29, 0.717) is 29.9 Å². The minimum absolute atomic E-state index is 0.0681. The molecule has 1 aliphatic carbocycles. The Bertz CT molecular complexity index is 1150. The molecule has 34 heavy (non-hydrogen) atoms. The molecule has 1 heterocycles. The molecule has 3 aromatic rings. The van der Waals surface area contributed by atoms with Crippen LogP contribution in [0.3, 0.4) is 0 Å². The Morgan fingerprint density at radius 2 is 1.50 bits per heavy atom. The molecule has 1 fully saturated rings. The van der Waals surface area contributed by atoms with Gasteiger partial charge in [0.1, 0.15) is 12.2 Å². The highest BCUT2D eigenvalue weighted by Crippen LogP contribution is 2.38. The second-order valence-corrected chi connectivity index (χ2v) is 8.95. The fraction of sp³-hybridized carbons (Fsp3) is 0.214. The molecular weight excluding hydrogens is 450 g/mol. The third kappa shape index (κ3) is 4.57. The van der Waals surface area contributed by atoms with Crippen molar-refractivity contribution in [2.24, 2.45) is 5.92 Å². The van der Waals surface area contributed by atoms with E-state index in [4.69, 9.17) is 21.1 Å². The predicted molar refractivity (Wildman–Crippen MR) is 132 cm³/mol. The van der Waals surface area contributed by atoms with Gasteiger partial charge in [-0.2, -0.15) is 0 Å². The number of allylic oxidation sites excluding steroid dienone is 1. The van der Waals surface area contributed by atoms with Crippen LogP contribution >= 0.6 is 11.6 Å². The van der Waals surface area contributed by atoms with Crippen LogP contribution < -0.4 is 4.90 Å². The number of nitrogens with zero attached hydrogens (tertiary/aromatic N) is 1. The first-order valence-electron chi connectivity index (χ1n) is 11.4. The summed E-state index contributed by atoms with van der Waals surface area (Å²) in [4.78, 5) is 28.0. The lowest BCUT2D eigenvalue weighted by molar-refractivity contribution is -0.126. The van der Waals surface area contributed by atoms with Crippen molar-refractivity contribution in [1.29, 1.82) is 0 Å². The summed E-state index contributed by atoms with van der Waals surface area (Å²) < 4.78 is 11.9. The molecule has 5 nitrogen and oxygen atoms in total. The smallest absolute Gasteiger partial charge is 0.419 e. The second-order valence-electron chi connectivity index (χ2n) is 8.51. The number of carbonyl (C=O) groups is 2. The summed E-state index contributed by atoms with van der Waals surface area (Å²) in [5.74, 6) is -0.177. The minimum atomic E-state index is -0.444. The summed E-state index contributed by atoms with van der Waals surface area (Å²) in [6.07, 6.45) is 2.14. The Kier molecular flexibility index (Phi) is 6.37. The first-order valence-corrected chi connectivity index (χ1v) is 11.7. The summed E-state index contributed by atoms with van der Waals surface area (Å²) in [7, 11) is 0. The summed E-state index contributed by atoms with van der Waals surface area (Å²) >= 11 is 5.98. The van der Waals surface area contributed by atoms with E-state index in [-0.39, 0.29) is 23.9 Å². The van der Waals surface area contributed by atoms with Gasteiger partial charge < -0.3 is 9.47 Å². The van der Waals surface area contributed by atoms with Crippen LogP contribution in [0.15, 0.2) is 91.2 Å². The lowest BCUT2D eigenvalue weighted by Crippen LogP contribution is -2.43. The molecule has 0 aromatic heterocycles. The van der Waals surface area contributed by atoms with E-state index in [9.17, 15) is 9.59 Å². The second kappa shape index (κ2) is 9.74. The van der Waals surface area contributed by atoms with Crippen LogP contribution in [0, 0.1) is 5.92 Å². The maximum Gasteiger partial charge on any atom is 0.419 e. The van der Waals surface area contributed by atoms with E-state index in [1.165, 1.54) is 6.26 Å². The van der Waals surface area contributed by atoms with Crippen molar-refractivity contribution in [3.05, 3.63) is 102 Å². The van der Waals surface area contributed by atoms with E-state index in [1.807, 2.05) is 72.8 Å². The Hall–Kier alpha value is -3.57. The average molecular weight is 474 g/mol. The van der Waals surface area contributed by atoms with E-state index in [2.05, 4.69) is 0 Å². The molecule has 3 aromatic carbocycles. The van der Waals surface area contributed by atoms with Gasteiger partial charge in [0.2, 0.25) is 0 Å². The number of Topliss-reactive ketones (excluding diaryl/α,β-unsaturated/α-hetero) is 1. The van der Waals surface area contributed by atoms with Gasteiger partial charge in [0, 0.05) is 11.4 Å². The van der Waals surface area contributed by atoms with Crippen molar-refractivity contribution in [3.63, 3.8) is 0 Å². The van der Waals surface area contributed by atoms with Crippen LogP contribution in [0.1, 0.15) is 24.8 Å². The first kappa shape index (κ1) is 22.2. The van der Waals surface area contributed by atoms with Crippen molar-refractivity contribution in [2.45, 2.75) is 31.5 Å². The molecule has 1 aliphatic heterocycles. The maximum absolute atomic E-state index is 13.3. The molecule has 5 rings (SSSR count). The van der Waals surface area contributed by atoms with Crippen molar-refractivity contribution < 1.29 is 19.1 Å². The highest BCUT2D eigenvalue weighted by molar-refractivity contribution is 6.30. The molecule has 0 bridgehead atoms. The minimum Gasteiger partial charge on any atom is -0.496 e. The summed E-state index contributed by atoms with van der Waals surface area (Å²) in [5, 5.41) is 0.619. The number of hydrogen-bond acceptors (Lipinski definition) is 4.